The molecule has 0 unspecified atom stereocenters. The fraction of sp³-hybridized carbons (Fsp3) is 0.375. The molecule has 1 aromatic heterocycles. The summed E-state index contributed by atoms with van der Waals surface area (Å²) in [6.45, 7) is 9.17. The van der Waals surface area contributed by atoms with Gasteiger partial charge in [0, 0.05) is 18.3 Å². The van der Waals surface area contributed by atoms with Crippen LogP contribution in [0.2, 0.25) is 0 Å². The number of carbonyl (C=O) groups excluding carboxylic acids is 1. The summed E-state index contributed by atoms with van der Waals surface area (Å²) < 4.78 is 0. The van der Waals surface area contributed by atoms with Crippen LogP contribution >= 0.6 is 11.3 Å². The average Bonchev–Trinajstić information content (AvgIpc) is 2.34. The first-order chi connectivity index (χ1) is 5.59. The lowest BCUT2D eigenvalue weighted by Gasteiger charge is -2.04. The maximum Gasteiger partial charge on any atom is 0.270 e. The van der Waals surface area contributed by atoms with Crippen molar-refractivity contribution in [2.75, 3.05) is 0 Å². The lowest BCUT2D eigenvalue weighted by molar-refractivity contribution is 0.0938. The van der Waals surface area contributed by atoms with Gasteiger partial charge in [-0.15, -0.1) is 11.3 Å². The molecule has 1 N–H and O–H groups in total. The molecule has 1 aromatic rings. The number of thiazole rings is 1. The fourth-order valence-electron chi connectivity index (χ4n) is 0.728. The maximum absolute atomic E-state index is 11.2. The Morgan fingerprint density at radius 1 is 1.75 bits per heavy atom. The van der Waals surface area contributed by atoms with E-state index < -0.39 is 0 Å². The van der Waals surface area contributed by atoms with Gasteiger partial charge in [0.25, 0.3) is 5.91 Å². The molecule has 64 valence electrons. The average molecular weight is 182 g/mol. The molecule has 0 atom stereocenters. The molecule has 0 spiro atoms. The minimum Gasteiger partial charge on any atom is -0.349 e. The highest BCUT2D eigenvalue weighted by molar-refractivity contribution is 7.10. The molecule has 4 heteroatoms. The Bertz CT molecular complexity index is 280. The Morgan fingerprint density at radius 3 is 2.83 bits per heavy atom. The molecule has 1 heterocycles. The van der Waals surface area contributed by atoms with Crippen molar-refractivity contribution < 1.29 is 4.79 Å². The standard InChI is InChI=1S/C8H10N2OS/c1-5(2)9-8(11)7-4-12-6(3)10-7/h3-5H,1-2H3,(H,9,11). The summed E-state index contributed by atoms with van der Waals surface area (Å²) >= 11 is 1.27. The summed E-state index contributed by atoms with van der Waals surface area (Å²) in [5.41, 5.74) is 0.395. The topological polar surface area (TPSA) is 42.0 Å². The van der Waals surface area contributed by atoms with E-state index in [2.05, 4.69) is 10.3 Å². The summed E-state index contributed by atoms with van der Waals surface area (Å²) in [5.74, 6) is -0.169. The Hall–Kier alpha value is -0.900. The number of amides is 1. The molecule has 1 rings (SSSR count). The van der Waals surface area contributed by atoms with Gasteiger partial charge in [-0.05, 0) is 13.8 Å². The summed E-state index contributed by atoms with van der Waals surface area (Å²) in [6, 6.07) is 0.125. The molecule has 0 fully saturated rings. The van der Waals surface area contributed by atoms with Crippen LogP contribution in [-0.4, -0.2) is 16.9 Å². The predicted molar refractivity (Wildman–Crippen MR) is 48.1 cm³/mol. The van der Waals surface area contributed by atoms with Gasteiger partial charge >= 0.3 is 0 Å². The highest BCUT2D eigenvalue weighted by Crippen LogP contribution is 2.07. The van der Waals surface area contributed by atoms with Crippen LogP contribution in [0.4, 0.5) is 0 Å². The van der Waals surface area contributed by atoms with Gasteiger partial charge in [0.1, 0.15) is 5.69 Å². The highest BCUT2D eigenvalue weighted by Gasteiger charge is 2.09. The smallest absolute Gasteiger partial charge is 0.270 e. The molecule has 3 nitrogen and oxygen atoms in total. The Kier molecular flexibility index (Phi) is 2.81. The number of aromatic nitrogens is 1. The second kappa shape index (κ2) is 3.67. The molecule has 12 heavy (non-hydrogen) atoms. The van der Waals surface area contributed by atoms with Gasteiger partial charge in [0.15, 0.2) is 0 Å². The number of nitrogens with zero attached hydrogens (tertiary/aromatic N) is 1. The van der Waals surface area contributed by atoms with Crippen molar-refractivity contribution in [3.63, 3.8) is 0 Å². The van der Waals surface area contributed by atoms with Crippen molar-refractivity contribution in [2.45, 2.75) is 19.9 Å². The van der Waals surface area contributed by atoms with Crippen molar-refractivity contribution in [2.24, 2.45) is 0 Å². The molecule has 2 radical (unpaired) electrons. The lowest BCUT2D eigenvalue weighted by atomic mass is 10.3. The first kappa shape index (κ1) is 9.19. The minimum absolute atomic E-state index is 0.125. The van der Waals surface area contributed by atoms with Crippen LogP contribution in [0.15, 0.2) is 5.38 Å². The van der Waals surface area contributed by atoms with Crippen LogP contribution in [-0.2, 0) is 0 Å². The monoisotopic (exact) mass is 182 g/mol. The maximum atomic E-state index is 11.2. The largest absolute Gasteiger partial charge is 0.349 e. The van der Waals surface area contributed by atoms with Crippen molar-refractivity contribution in [3.05, 3.63) is 23.0 Å². The number of carbonyl (C=O) groups is 1. The van der Waals surface area contributed by atoms with Crippen molar-refractivity contribution in [3.8, 4) is 0 Å². The van der Waals surface area contributed by atoms with Crippen molar-refractivity contribution in [1.82, 2.24) is 10.3 Å². The molecular weight excluding hydrogens is 172 g/mol. The van der Waals surface area contributed by atoms with Gasteiger partial charge in [0.05, 0.1) is 5.01 Å². The molecule has 0 saturated carbocycles. The van der Waals surface area contributed by atoms with Crippen LogP contribution in [0.5, 0.6) is 0 Å². The van der Waals surface area contributed by atoms with E-state index in [1.54, 1.807) is 5.38 Å². The number of hydrogen-bond donors (Lipinski definition) is 1. The third-order valence-electron chi connectivity index (χ3n) is 1.17. The Balaban J connectivity index is 2.65. The molecule has 0 aliphatic heterocycles. The quantitative estimate of drug-likeness (QED) is 0.750. The molecule has 0 bridgehead atoms. The molecule has 0 aromatic carbocycles. The van der Waals surface area contributed by atoms with Crippen LogP contribution in [0, 0.1) is 6.92 Å². The molecule has 0 aliphatic rings. The van der Waals surface area contributed by atoms with Gasteiger partial charge in [0.2, 0.25) is 0 Å². The summed E-state index contributed by atoms with van der Waals surface area (Å²) in [5, 5.41) is 4.79. The van der Waals surface area contributed by atoms with Gasteiger partial charge in [-0.1, -0.05) is 0 Å². The van der Waals surface area contributed by atoms with E-state index in [1.807, 2.05) is 13.8 Å². The predicted octanol–water partition coefficient (Wildman–Crippen LogP) is 1.34. The summed E-state index contributed by atoms with van der Waals surface area (Å²) in [4.78, 5) is 15.1. The SMILES string of the molecule is [CH]c1nc(C(=O)NC(C)C)cs1. The second-order valence-electron chi connectivity index (χ2n) is 2.70. The summed E-state index contributed by atoms with van der Waals surface area (Å²) in [6.07, 6.45) is 0. The van der Waals surface area contributed by atoms with E-state index in [-0.39, 0.29) is 11.9 Å². The van der Waals surface area contributed by atoms with Gasteiger partial charge in [-0.2, -0.15) is 0 Å². The van der Waals surface area contributed by atoms with Gasteiger partial charge < -0.3 is 5.32 Å². The van der Waals surface area contributed by atoms with E-state index >= 15 is 0 Å². The Labute approximate surface area is 75.8 Å². The summed E-state index contributed by atoms with van der Waals surface area (Å²) in [7, 11) is 0. The van der Waals surface area contributed by atoms with E-state index in [4.69, 9.17) is 6.92 Å². The second-order valence-corrected chi connectivity index (χ2v) is 3.59. The van der Waals surface area contributed by atoms with Crippen molar-refractivity contribution >= 4 is 17.2 Å². The fourth-order valence-corrected chi connectivity index (χ4v) is 1.27. The zero-order valence-corrected chi connectivity index (χ0v) is 7.81. The number of hydrogen-bond acceptors (Lipinski definition) is 3. The van der Waals surface area contributed by atoms with E-state index in [0.717, 1.165) is 0 Å². The van der Waals surface area contributed by atoms with Crippen LogP contribution in [0.3, 0.4) is 0 Å². The highest BCUT2D eigenvalue weighted by atomic mass is 32.1. The molecule has 1 amide bonds. The van der Waals surface area contributed by atoms with E-state index in [0.29, 0.717) is 10.7 Å². The van der Waals surface area contributed by atoms with E-state index in [9.17, 15) is 4.79 Å². The zero-order chi connectivity index (χ0) is 9.14. The number of rotatable bonds is 2. The van der Waals surface area contributed by atoms with Gasteiger partial charge in [-0.25, -0.2) is 4.98 Å². The third kappa shape index (κ3) is 2.30. The normalized spacial score (nSPS) is 10.3. The molecule has 0 aliphatic carbocycles. The van der Waals surface area contributed by atoms with Crippen LogP contribution < -0.4 is 5.32 Å². The third-order valence-corrected chi connectivity index (χ3v) is 1.85. The number of nitrogens with one attached hydrogen (secondary N) is 1. The van der Waals surface area contributed by atoms with E-state index in [1.165, 1.54) is 11.3 Å². The minimum atomic E-state index is -0.169. The zero-order valence-electron chi connectivity index (χ0n) is 7.00. The van der Waals surface area contributed by atoms with Crippen molar-refractivity contribution in [1.29, 1.82) is 0 Å². The van der Waals surface area contributed by atoms with Gasteiger partial charge in [-0.3, -0.25) is 4.79 Å². The Morgan fingerprint density at radius 2 is 2.42 bits per heavy atom. The molecular formula is C8H10N2OS. The first-order valence-electron chi connectivity index (χ1n) is 3.61. The molecule has 0 saturated heterocycles. The lowest BCUT2D eigenvalue weighted by Crippen LogP contribution is -2.30. The van der Waals surface area contributed by atoms with Crippen LogP contribution in [0.1, 0.15) is 29.3 Å². The first-order valence-corrected chi connectivity index (χ1v) is 4.49. The van der Waals surface area contributed by atoms with Crippen LogP contribution in [0.25, 0.3) is 0 Å².